The smallest absolute Gasteiger partial charge is 0.248 e. The second-order valence-electron chi connectivity index (χ2n) is 29.1. The molecule has 528 valence electrons. The van der Waals surface area contributed by atoms with Crippen LogP contribution >= 0.6 is 0 Å². The van der Waals surface area contributed by atoms with E-state index in [0.717, 1.165) is 0 Å². The van der Waals surface area contributed by atoms with Gasteiger partial charge < -0.3 is 54.2 Å². The van der Waals surface area contributed by atoms with Crippen LogP contribution < -0.4 is 5.32 Å². The molecule has 92 heavy (non-hydrogen) atoms. The maximum absolute atomic E-state index is 15.4. The highest BCUT2D eigenvalue weighted by Crippen LogP contribution is 2.30. The van der Waals surface area contributed by atoms with Gasteiger partial charge in [-0.3, -0.25) is 57.6 Å². The van der Waals surface area contributed by atoms with E-state index in [1.54, 1.807) is 48.5 Å². The predicted octanol–water partition coefficient (Wildman–Crippen LogP) is 5.31. The Hall–Kier alpha value is -5.39. The highest BCUT2D eigenvalue weighted by atomic mass is 16.5. The number of likely N-dealkylation sites (N-methyl/N-ethyl adjacent to an activating group) is 7. The van der Waals surface area contributed by atoms with E-state index in [4.69, 9.17) is 9.47 Å². The summed E-state index contributed by atoms with van der Waals surface area (Å²) in [6, 6.07) is -9.59. The Morgan fingerprint density at radius 1 is 0.489 bits per heavy atom. The summed E-state index contributed by atoms with van der Waals surface area (Å²) in [6.07, 6.45) is -1.20. The minimum atomic E-state index is -1.53. The van der Waals surface area contributed by atoms with E-state index in [-0.39, 0.29) is 75.2 Å². The first-order valence-corrected chi connectivity index (χ1v) is 33.9. The predicted molar refractivity (Wildman–Crippen MR) is 355 cm³/mol. The van der Waals surface area contributed by atoms with E-state index in [9.17, 15) is 33.9 Å². The standard InChI is InChI=1S/C69H123N9O14/c1-25-49-37-58(81)60(61(82)46(14)26-27-78-28-30-92-31-29-78)77(23)69(90)59(45(12)13)76(22)67(88)54(35-43(8)9)74(20)66(87)53(34-42(6)7)73(19)63(84)48(16)70-62(83)47(15)36-56(79)51(32-40(2)3)71(17)65(86)50(44(10)11)38-57(80)52(33-41(4)5)72(18)68(89)55(39-91-24)75(21)64(49)85/h40-55,59-61,82H,25-39H2,1-24H3,(H,70,83)/t46-,47+,48+,49+,50-,51-,52+,53-,54-,55-,59-,60+,61-/m1/s1. The number of Topliss-reactive ketones (excluding diaryl/α,β-unsaturated/α-hetero) is 3. The van der Waals surface area contributed by atoms with E-state index in [1.807, 2.05) is 55.4 Å². The van der Waals surface area contributed by atoms with Crippen LogP contribution in [0.1, 0.15) is 169 Å². The molecule has 0 unspecified atom stereocenters. The fraction of sp³-hybridized carbons (Fsp3) is 0.841. The van der Waals surface area contributed by atoms with Crippen LogP contribution in [0.5, 0.6) is 0 Å². The molecule has 0 aromatic rings. The third-order valence-electron chi connectivity index (χ3n) is 18.9. The number of methoxy groups -OCH3 is 1. The summed E-state index contributed by atoms with van der Waals surface area (Å²) in [5.74, 6) is -11.2. The van der Waals surface area contributed by atoms with Gasteiger partial charge in [0.2, 0.25) is 47.3 Å². The molecule has 0 aromatic heterocycles. The molecule has 0 radical (unpaired) electrons. The number of carbonyl (C=O) groups excluding carboxylic acids is 11. The number of hydrogen-bond donors (Lipinski definition) is 2. The maximum Gasteiger partial charge on any atom is 0.248 e. The fourth-order valence-corrected chi connectivity index (χ4v) is 12.9. The van der Waals surface area contributed by atoms with E-state index >= 15 is 24.0 Å². The monoisotopic (exact) mass is 1300 g/mol. The van der Waals surface area contributed by atoms with Gasteiger partial charge in [-0.2, -0.15) is 0 Å². The average Bonchev–Trinajstić information content (AvgIpc) is 0.820. The van der Waals surface area contributed by atoms with Crippen molar-refractivity contribution in [3.63, 3.8) is 0 Å². The molecule has 2 N–H and O–H groups in total. The molecule has 2 aliphatic heterocycles. The highest BCUT2D eigenvalue weighted by Gasteiger charge is 2.46. The molecule has 0 saturated carbocycles. The Morgan fingerprint density at radius 3 is 1.36 bits per heavy atom. The van der Waals surface area contributed by atoms with Crippen LogP contribution in [0, 0.1) is 59.2 Å². The van der Waals surface area contributed by atoms with Crippen molar-refractivity contribution < 1.29 is 67.3 Å². The summed E-state index contributed by atoms with van der Waals surface area (Å²) in [5, 5.41) is 15.3. The molecule has 0 aliphatic carbocycles. The van der Waals surface area contributed by atoms with Crippen LogP contribution in [0.4, 0.5) is 0 Å². The van der Waals surface area contributed by atoms with Gasteiger partial charge in [0.25, 0.3) is 0 Å². The molecule has 2 heterocycles. The molecular formula is C69H123N9O14. The second-order valence-corrected chi connectivity index (χ2v) is 29.1. The molecule has 2 aliphatic rings. The van der Waals surface area contributed by atoms with Gasteiger partial charge in [0.15, 0.2) is 17.3 Å². The lowest BCUT2D eigenvalue weighted by molar-refractivity contribution is -0.157. The summed E-state index contributed by atoms with van der Waals surface area (Å²) in [4.78, 5) is 175. The fourth-order valence-electron chi connectivity index (χ4n) is 12.9. The van der Waals surface area contributed by atoms with Crippen LogP contribution in [0.25, 0.3) is 0 Å². The maximum atomic E-state index is 15.4. The molecule has 0 spiro atoms. The summed E-state index contributed by atoms with van der Waals surface area (Å²) in [7, 11) is 11.6. The first kappa shape index (κ1) is 82.7. The molecule has 0 bridgehead atoms. The average molecular weight is 1300 g/mol. The highest BCUT2D eigenvalue weighted by molar-refractivity contribution is 6.00. The Morgan fingerprint density at radius 2 is 0.902 bits per heavy atom. The number of morpholine rings is 1. The van der Waals surface area contributed by atoms with Crippen molar-refractivity contribution in [2.45, 2.75) is 223 Å². The van der Waals surface area contributed by atoms with Crippen molar-refractivity contribution >= 4 is 64.6 Å². The number of aliphatic hydroxyl groups is 1. The largest absolute Gasteiger partial charge is 0.390 e. The Bertz CT molecular complexity index is 2470. The first-order valence-electron chi connectivity index (χ1n) is 33.9. The third kappa shape index (κ3) is 22.9. The number of nitrogens with one attached hydrogen (secondary N) is 1. The van der Waals surface area contributed by atoms with E-state index in [1.165, 1.54) is 97.7 Å². The number of amides is 8. The Balaban J connectivity index is 3.05. The van der Waals surface area contributed by atoms with Crippen LogP contribution in [-0.2, 0) is 62.2 Å². The van der Waals surface area contributed by atoms with Crippen molar-refractivity contribution in [2.24, 2.45) is 59.2 Å². The molecule has 13 atom stereocenters. The summed E-state index contributed by atoms with van der Waals surface area (Å²) in [6.45, 7) is 31.6. The SMILES string of the molecule is CC[C@H]1CC(=O)[C@@H]([C@H](O)[C@H](C)CCN2CCOCC2)N(C)C(=O)[C@@H](C(C)C)N(C)C(=O)[C@@H](CC(C)C)N(C)C(=O)[C@@H](CC(C)C)N(C)C(=O)[C@H](C)NC(=O)[C@@H](C)CC(=O)[C@@H](CC(C)C)N(C)C(=O)[C@@H](C(C)C)CC(=O)[C@H](CC(C)C)N(C)C(=O)[C@@H](COC)N(C)C1=O. The second kappa shape index (κ2) is 38.2. The number of carbonyl (C=O) groups is 11. The molecule has 23 heteroatoms. The molecule has 2 fully saturated rings. The van der Waals surface area contributed by atoms with Gasteiger partial charge in [-0.1, -0.05) is 104 Å². The topological polar surface area (TPSA) is 264 Å². The van der Waals surface area contributed by atoms with E-state index in [2.05, 4.69) is 10.2 Å². The van der Waals surface area contributed by atoms with Crippen LogP contribution in [-0.4, -0.2) is 259 Å². The van der Waals surface area contributed by atoms with Gasteiger partial charge >= 0.3 is 0 Å². The number of rotatable bonds is 18. The minimum Gasteiger partial charge on any atom is -0.390 e. The molecule has 2 rings (SSSR count). The van der Waals surface area contributed by atoms with Crippen molar-refractivity contribution in [3.05, 3.63) is 0 Å². The zero-order valence-electron chi connectivity index (χ0n) is 60.9. The summed E-state index contributed by atoms with van der Waals surface area (Å²) < 4.78 is 11.1. The lowest BCUT2D eigenvalue weighted by Crippen LogP contribution is -2.62. The molecular weight excluding hydrogens is 1180 g/mol. The van der Waals surface area contributed by atoms with Crippen LogP contribution in [0.15, 0.2) is 0 Å². The normalized spacial score (nSPS) is 28.0. The van der Waals surface area contributed by atoms with Crippen molar-refractivity contribution in [2.75, 3.05) is 95.9 Å². The quantitative estimate of drug-likeness (QED) is 0.176. The number of hydrogen-bond acceptors (Lipinski definition) is 15. The van der Waals surface area contributed by atoms with Gasteiger partial charge in [0.1, 0.15) is 36.3 Å². The van der Waals surface area contributed by atoms with Crippen LogP contribution in [0.2, 0.25) is 0 Å². The van der Waals surface area contributed by atoms with Crippen molar-refractivity contribution in [3.8, 4) is 0 Å². The van der Waals surface area contributed by atoms with E-state index < -0.39 is 161 Å². The molecule has 8 amide bonds. The molecule has 0 aromatic carbocycles. The Kier molecular flexibility index (Phi) is 34.4. The number of ether oxygens (including phenoxy) is 2. The lowest BCUT2D eigenvalue weighted by Gasteiger charge is -2.42. The summed E-state index contributed by atoms with van der Waals surface area (Å²) >= 11 is 0. The van der Waals surface area contributed by atoms with Gasteiger partial charge in [-0.15, -0.1) is 0 Å². The zero-order chi connectivity index (χ0) is 70.7. The molecule has 2 saturated heterocycles. The van der Waals surface area contributed by atoms with Gasteiger partial charge in [-0.25, -0.2) is 0 Å². The summed E-state index contributed by atoms with van der Waals surface area (Å²) in [5.41, 5.74) is 0. The number of aliphatic hydroxyl groups excluding tert-OH is 1. The number of ketones is 3. The minimum absolute atomic E-state index is 0.0808. The van der Waals surface area contributed by atoms with Gasteiger partial charge in [-0.05, 0) is 93.4 Å². The van der Waals surface area contributed by atoms with Crippen LogP contribution in [0.3, 0.4) is 0 Å². The van der Waals surface area contributed by atoms with Crippen molar-refractivity contribution in [1.29, 1.82) is 0 Å². The first-order chi connectivity index (χ1) is 42.7. The zero-order valence-corrected chi connectivity index (χ0v) is 60.9. The third-order valence-corrected chi connectivity index (χ3v) is 18.9. The van der Waals surface area contributed by atoms with Gasteiger partial charge in [0.05, 0.1) is 38.0 Å². The van der Waals surface area contributed by atoms with E-state index in [0.29, 0.717) is 39.3 Å². The lowest BCUT2D eigenvalue weighted by atomic mass is 9.84. The Labute approximate surface area is 552 Å². The van der Waals surface area contributed by atoms with Gasteiger partial charge in [0, 0.05) is 107 Å². The molecule has 23 nitrogen and oxygen atoms in total. The van der Waals surface area contributed by atoms with Crippen molar-refractivity contribution in [1.82, 2.24) is 44.5 Å². The number of nitrogens with zero attached hydrogens (tertiary/aromatic N) is 8.